The average Bonchev–Trinajstić information content (AvgIpc) is 2.79. The fourth-order valence-electron chi connectivity index (χ4n) is 2.13. The molecule has 1 fully saturated rings. The van der Waals surface area contributed by atoms with Crippen molar-refractivity contribution < 1.29 is 9.63 Å². The summed E-state index contributed by atoms with van der Waals surface area (Å²) < 4.78 is 0. The first kappa shape index (κ1) is 16.5. The first-order valence-electron chi connectivity index (χ1n) is 7.15. The van der Waals surface area contributed by atoms with Gasteiger partial charge in [0.15, 0.2) is 0 Å². The smallest absolute Gasteiger partial charge is 0.217 e. The SMILES string of the molecule is CC#C/C(=N\OCCN1CC[C@@H](NC(C)=O)C1)C(C)C. The van der Waals surface area contributed by atoms with Crippen molar-refractivity contribution >= 4 is 11.6 Å². The summed E-state index contributed by atoms with van der Waals surface area (Å²) in [5, 5.41) is 7.03. The van der Waals surface area contributed by atoms with Crippen molar-refractivity contribution in [3.8, 4) is 11.8 Å². The third kappa shape index (κ3) is 6.07. The highest BCUT2D eigenvalue weighted by molar-refractivity contribution is 6.01. The van der Waals surface area contributed by atoms with E-state index in [4.69, 9.17) is 4.84 Å². The van der Waals surface area contributed by atoms with Crippen molar-refractivity contribution in [3.05, 3.63) is 0 Å². The number of nitrogens with zero attached hydrogens (tertiary/aromatic N) is 2. The molecule has 1 heterocycles. The third-order valence-electron chi connectivity index (χ3n) is 3.14. The van der Waals surface area contributed by atoms with E-state index in [1.807, 2.05) is 13.8 Å². The van der Waals surface area contributed by atoms with E-state index in [0.29, 0.717) is 6.61 Å². The highest BCUT2D eigenvalue weighted by atomic mass is 16.6. The Morgan fingerprint density at radius 1 is 1.55 bits per heavy atom. The number of likely N-dealkylation sites (tertiary alicyclic amines) is 1. The quantitative estimate of drug-likeness (QED) is 0.344. The molecule has 20 heavy (non-hydrogen) atoms. The van der Waals surface area contributed by atoms with Gasteiger partial charge < -0.3 is 10.2 Å². The monoisotopic (exact) mass is 279 g/mol. The predicted molar refractivity (Wildman–Crippen MR) is 80.3 cm³/mol. The number of carbonyl (C=O) groups is 1. The molecule has 0 aliphatic carbocycles. The summed E-state index contributed by atoms with van der Waals surface area (Å²) in [5.74, 6) is 6.11. The summed E-state index contributed by atoms with van der Waals surface area (Å²) in [7, 11) is 0. The Balaban J connectivity index is 2.26. The van der Waals surface area contributed by atoms with Gasteiger partial charge in [0.05, 0.1) is 0 Å². The van der Waals surface area contributed by atoms with Gasteiger partial charge in [-0.25, -0.2) is 0 Å². The second-order valence-electron chi connectivity index (χ2n) is 5.33. The predicted octanol–water partition coefficient (Wildman–Crippen LogP) is 1.25. The molecule has 0 bridgehead atoms. The van der Waals surface area contributed by atoms with Crippen molar-refractivity contribution in [1.82, 2.24) is 10.2 Å². The van der Waals surface area contributed by atoms with Crippen molar-refractivity contribution in [2.45, 2.75) is 40.2 Å². The van der Waals surface area contributed by atoms with Gasteiger partial charge in [-0.05, 0) is 19.3 Å². The van der Waals surface area contributed by atoms with E-state index in [9.17, 15) is 4.79 Å². The third-order valence-corrected chi connectivity index (χ3v) is 3.14. The van der Waals surface area contributed by atoms with Crippen LogP contribution < -0.4 is 5.32 Å². The van der Waals surface area contributed by atoms with Crippen LogP contribution in [0.25, 0.3) is 0 Å². The number of rotatable bonds is 6. The minimum atomic E-state index is 0.0393. The maximum Gasteiger partial charge on any atom is 0.217 e. The van der Waals surface area contributed by atoms with Gasteiger partial charge in [-0.1, -0.05) is 24.9 Å². The Labute approximate surface area is 121 Å². The van der Waals surface area contributed by atoms with E-state index in [-0.39, 0.29) is 17.9 Å². The van der Waals surface area contributed by atoms with Gasteiger partial charge in [-0.3, -0.25) is 9.69 Å². The van der Waals surface area contributed by atoms with Crippen LogP contribution in [-0.4, -0.2) is 48.8 Å². The van der Waals surface area contributed by atoms with E-state index in [1.165, 1.54) is 0 Å². The van der Waals surface area contributed by atoms with Crippen LogP contribution in [0.5, 0.6) is 0 Å². The molecule has 0 aromatic rings. The van der Waals surface area contributed by atoms with E-state index < -0.39 is 0 Å². The molecule has 1 aliphatic heterocycles. The van der Waals surface area contributed by atoms with E-state index >= 15 is 0 Å². The molecule has 5 nitrogen and oxygen atoms in total. The Morgan fingerprint density at radius 2 is 2.30 bits per heavy atom. The molecule has 0 saturated carbocycles. The van der Waals surface area contributed by atoms with Gasteiger partial charge in [-0.2, -0.15) is 0 Å². The van der Waals surface area contributed by atoms with Gasteiger partial charge in [0.25, 0.3) is 0 Å². The largest absolute Gasteiger partial charge is 0.394 e. The Bertz CT molecular complexity index is 407. The zero-order chi connectivity index (χ0) is 15.0. The van der Waals surface area contributed by atoms with Crippen LogP contribution in [0, 0.1) is 17.8 Å². The van der Waals surface area contributed by atoms with Crippen LogP contribution in [0.2, 0.25) is 0 Å². The van der Waals surface area contributed by atoms with Gasteiger partial charge in [0, 0.05) is 38.5 Å². The first-order chi connectivity index (χ1) is 9.52. The van der Waals surface area contributed by atoms with Gasteiger partial charge in [0.2, 0.25) is 5.91 Å². The van der Waals surface area contributed by atoms with Crippen LogP contribution in [-0.2, 0) is 9.63 Å². The van der Waals surface area contributed by atoms with Crippen molar-refractivity contribution in [2.75, 3.05) is 26.2 Å². The summed E-state index contributed by atoms with van der Waals surface area (Å²) >= 11 is 0. The molecule has 0 aromatic carbocycles. The standard InChI is InChI=1S/C15H25N3O2/c1-5-6-15(12(2)3)17-20-10-9-18-8-7-14(11-18)16-13(4)19/h12,14H,7-11H2,1-4H3,(H,16,19)/b17-15+/t14-/m1/s1. The fourth-order valence-corrected chi connectivity index (χ4v) is 2.13. The molecule has 0 unspecified atom stereocenters. The number of hydrogen-bond acceptors (Lipinski definition) is 4. The lowest BCUT2D eigenvalue weighted by Gasteiger charge is -2.15. The fraction of sp³-hybridized carbons (Fsp3) is 0.733. The van der Waals surface area contributed by atoms with Gasteiger partial charge in [-0.15, -0.1) is 0 Å². The van der Waals surface area contributed by atoms with Crippen molar-refractivity contribution in [1.29, 1.82) is 0 Å². The van der Waals surface area contributed by atoms with Crippen molar-refractivity contribution in [3.63, 3.8) is 0 Å². The number of nitrogens with one attached hydrogen (secondary N) is 1. The maximum atomic E-state index is 11.0. The van der Waals surface area contributed by atoms with Crippen LogP contribution in [0.1, 0.15) is 34.1 Å². The van der Waals surface area contributed by atoms with Crippen LogP contribution in [0.4, 0.5) is 0 Å². The van der Waals surface area contributed by atoms with E-state index in [0.717, 1.165) is 31.8 Å². The normalized spacial score (nSPS) is 19.6. The van der Waals surface area contributed by atoms with Crippen molar-refractivity contribution in [2.24, 2.45) is 11.1 Å². The molecule has 0 spiro atoms. The lowest BCUT2D eigenvalue weighted by Crippen LogP contribution is -2.36. The lowest BCUT2D eigenvalue weighted by molar-refractivity contribution is -0.119. The van der Waals surface area contributed by atoms with Crippen LogP contribution in [0.15, 0.2) is 5.16 Å². The summed E-state index contributed by atoms with van der Waals surface area (Å²) in [6.45, 7) is 10.7. The number of hydrogen-bond donors (Lipinski definition) is 1. The molecule has 1 saturated heterocycles. The minimum absolute atomic E-state index is 0.0393. The van der Waals surface area contributed by atoms with Gasteiger partial charge >= 0.3 is 0 Å². The molecule has 0 aromatic heterocycles. The van der Waals surface area contributed by atoms with Crippen LogP contribution >= 0.6 is 0 Å². The zero-order valence-corrected chi connectivity index (χ0v) is 12.9. The van der Waals surface area contributed by atoms with E-state index in [2.05, 4.69) is 27.2 Å². The van der Waals surface area contributed by atoms with Crippen LogP contribution in [0.3, 0.4) is 0 Å². The second-order valence-corrected chi connectivity index (χ2v) is 5.33. The first-order valence-corrected chi connectivity index (χ1v) is 7.15. The average molecular weight is 279 g/mol. The highest BCUT2D eigenvalue weighted by Crippen LogP contribution is 2.08. The molecule has 112 valence electrons. The summed E-state index contributed by atoms with van der Waals surface area (Å²) in [6, 6.07) is 0.271. The maximum absolute atomic E-state index is 11.0. The zero-order valence-electron chi connectivity index (χ0n) is 12.9. The number of amides is 1. The Morgan fingerprint density at radius 3 is 2.90 bits per heavy atom. The van der Waals surface area contributed by atoms with Gasteiger partial charge in [0.1, 0.15) is 12.3 Å². The summed E-state index contributed by atoms with van der Waals surface area (Å²) in [4.78, 5) is 18.6. The Hall–Kier alpha value is -1.54. The molecule has 1 N–H and O–H groups in total. The molecule has 0 radical (unpaired) electrons. The topological polar surface area (TPSA) is 53.9 Å². The molecule has 1 rings (SSSR count). The summed E-state index contributed by atoms with van der Waals surface area (Å²) in [5.41, 5.74) is 0.782. The summed E-state index contributed by atoms with van der Waals surface area (Å²) in [6.07, 6.45) is 1.00. The molecule has 1 aliphatic rings. The van der Waals surface area contributed by atoms with E-state index in [1.54, 1.807) is 13.8 Å². The number of oxime groups is 1. The highest BCUT2D eigenvalue weighted by Gasteiger charge is 2.22. The molecule has 1 amide bonds. The Kier molecular flexibility index (Phi) is 7.10. The lowest BCUT2D eigenvalue weighted by atomic mass is 10.1. The molecule has 1 atom stereocenters. The molecular weight excluding hydrogens is 254 g/mol. The molecule has 5 heteroatoms. The second kappa shape index (κ2) is 8.60. The number of carbonyl (C=O) groups excluding carboxylic acids is 1. The minimum Gasteiger partial charge on any atom is -0.394 e. The molecular formula is C15H25N3O2.